The minimum Gasteiger partial charge on any atom is -0.383 e. The van der Waals surface area contributed by atoms with Crippen LogP contribution in [0.4, 0.5) is 0 Å². The first-order chi connectivity index (χ1) is 7.48. The van der Waals surface area contributed by atoms with Crippen LogP contribution in [-0.4, -0.2) is 16.5 Å². The molecule has 0 aliphatic heterocycles. The van der Waals surface area contributed by atoms with Crippen LogP contribution in [-0.2, 0) is 4.79 Å². The normalized spacial score (nSPS) is 11.8. The van der Waals surface area contributed by atoms with E-state index in [-0.39, 0.29) is 5.78 Å². The average Bonchev–Trinajstić information content (AvgIpc) is 2.20. The number of Topliss-reactive ketones (excluding diaryl/α,β-unsaturated/α-hetero) is 1. The monoisotopic (exact) mass is 228 g/mol. The summed E-state index contributed by atoms with van der Waals surface area (Å²) >= 11 is 0. The van der Waals surface area contributed by atoms with E-state index < -0.39 is 5.60 Å². The Kier molecular flexibility index (Phi) is 8.54. The third-order valence-electron chi connectivity index (χ3n) is 2.94. The topological polar surface area (TPSA) is 37.3 Å². The smallest absolute Gasteiger partial charge is 0.163 e. The molecule has 0 amide bonds. The number of hydrogen-bond donors (Lipinski definition) is 1. The van der Waals surface area contributed by atoms with Crippen LogP contribution in [0, 0.1) is 0 Å². The van der Waals surface area contributed by atoms with E-state index in [2.05, 4.69) is 6.92 Å². The highest BCUT2D eigenvalue weighted by Gasteiger charge is 2.22. The first-order valence-electron chi connectivity index (χ1n) is 6.74. The van der Waals surface area contributed by atoms with Crippen LogP contribution >= 0.6 is 0 Å². The van der Waals surface area contributed by atoms with Crippen LogP contribution in [0.25, 0.3) is 0 Å². The average molecular weight is 228 g/mol. The van der Waals surface area contributed by atoms with E-state index in [0.717, 1.165) is 12.8 Å². The highest BCUT2D eigenvalue weighted by molar-refractivity contribution is 5.86. The van der Waals surface area contributed by atoms with Crippen LogP contribution in [0.3, 0.4) is 0 Å². The first kappa shape index (κ1) is 15.6. The molecule has 0 aromatic heterocycles. The molecule has 0 saturated carbocycles. The van der Waals surface area contributed by atoms with E-state index in [1.165, 1.54) is 38.5 Å². The fraction of sp³-hybridized carbons (Fsp3) is 0.929. The molecule has 0 saturated heterocycles. The summed E-state index contributed by atoms with van der Waals surface area (Å²) in [6.07, 6.45) is 10.4. The summed E-state index contributed by atoms with van der Waals surface area (Å²) in [5.74, 6) is -0.0292. The van der Waals surface area contributed by atoms with Gasteiger partial charge in [0.2, 0.25) is 0 Å². The molecule has 2 nitrogen and oxygen atoms in total. The second-order valence-corrected chi connectivity index (χ2v) is 5.21. The molecule has 96 valence electrons. The van der Waals surface area contributed by atoms with Crippen molar-refractivity contribution in [3.05, 3.63) is 0 Å². The van der Waals surface area contributed by atoms with Crippen molar-refractivity contribution < 1.29 is 9.90 Å². The molecule has 1 N–H and O–H groups in total. The number of carbonyl (C=O) groups is 1. The Morgan fingerprint density at radius 2 is 1.38 bits per heavy atom. The molecular weight excluding hydrogens is 200 g/mol. The Morgan fingerprint density at radius 3 is 1.81 bits per heavy atom. The Bertz CT molecular complexity index is 180. The molecule has 0 fully saturated rings. The van der Waals surface area contributed by atoms with Crippen LogP contribution in [0.5, 0.6) is 0 Å². The predicted octanol–water partition coefficient (Wildman–Crippen LogP) is 3.86. The van der Waals surface area contributed by atoms with Crippen molar-refractivity contribution in [2.75, 3.05) is 0 Å². The van der Waals surface area contributed by atoms with Crippen LogP contribution in [0.2, 0.25) is 0 Å². The van der Waals surface area contributed by atoms with Gasteiger partial charge in [0, 0.05) is 6.42 Å². The van der Waals surface area contributed by atoms with Gasteiger partial charge >= 0.3 is 0 Å². The van der Waals surface area contributed by atoms with Crippen LogP contribution in [0.1, 0.15) is 78.6 Å². The Balaban J connectivity index is 3.25. The fourth-order valence-electron chi connectivity index (χ4n) is 1.73. The zero-order valence-corrected chi connectivity index (χ0v) is 11.2. The minimum absolute atomic E-state index is 0.0292. The summed E-state index contributed by atoms with van der Waals surface area (Å²) in [6, 6.07) is 0. The first-order valence-corrected chi connectivity index (χ1v) is 6.74. The molecular formula is C14H28O2. The quantitative estimate of drug-likeness (QED) is 0.576. The van der Waals surface area contributed by atoms with Crippen molar-refractivity contribution in [1.29, 1.82) is 0 Å². The van der Waals surface area contributed by atoms with E-state index in [9.17, 15) is 9.90 Å². The van der Waals surface area contributed by atoms with Gasteiger partial charge in [0.25, 0.3) is 0 Å². The van der Waals surface area contributed by atoms with Gasteiger partial charge in [0.15, 0.2) is 5.78 Å². The van der Waals surface area contributed by atoms with E-state index in [4.69, 9.17) is 0 Å². The molecule has 0 unspecified atom stereocenters. The molecule has 0 aliphatic carbocycles. The van der Waals surface area contributed by atoms with Crippen LogP contribution in [0.15, 0.2) is 0 Å². The van der Waals surface area contributed by atoms with Crippen LogP contribution < -0.4 is 0 Å². The molecule has 0 aromatic carbocycles. The SMILES string of the molecule is CCCCCCCCCCC(=O)C(C)(C)O. The third kappa shape index (κ3) is 8.90. The lowest BCUT2D eigenvalue weighted by molar-refractivity contribution is -0.134. The summed E-state index contributed by atoms with van der Waals surface area (Å²) in [4.78, 5) is 11.4. The van der Waals surface area contributed by atoms with Gasteiger partial charge in [-0.2, -0.15) is 0 Å². The molecule has 0 radical (unpaired) electrons. The van der Waals surface area contributed by atoms with Gasteiger partial charge in [0.05, 0.1) is 0 Å². The summed E-state index contributed by atoms with van der Waals surface area (Å²) in [5.41, 5.74) is -1.14. The number of ketones is 1. The van der Waals surface area contributed by atoms with Gasteiger partial charge in [-0.1, -0.05) is 51.9 Å². The van der Waals surface area contributed by atoms with E-state index in [0.29, 0.717) is 6.42 Å². The number of aliphatic hydroxyl groups is 1. The lowest BCUT2D eigenvalue weighted by Gasteiger charge is -2.14. The number of unbranched alkanes of at least 4 members (excludes halogenated alkanes) is 7. The van der Waals surface area contributed by atoms with Gasteiger partial charge in [-0.05, 0) is 20.3 Å². The zero-order valence-electron chi connectivity index (χ0n) is 11.2. The molecule has 0 spiro atoms. The summed E-state index contributed by atoms with van der Waals surface area (Å²) in [7, 11) is 0. The van der Waals surface area contributed by atoms with E-state index >= 15 is 0 Å². The Morgan fingerprint density at radius 1 is 0.938 bits per heavy atom. The fourth-order valence-corrected chi connectivity index (χ4v) is 1.73. The van der Waals surface area contributed by atoms with Gasteiger partial charge < -0.3 is 5.11 Å². The van der Waals surface area contributed by atoms with Gasteiger partial charge in [-0.25, -0.2) is 0 Å². The third-order valence-corrected chi connectivity index (χ3v) is 2.94. The second-order valence-electron chi connectivity index (χ2n) is 5.21. The lowest BCUT2D eigenvalue weighted by Crippen LogP contribution is -2.30. The van der Waals surface area contributed by atoms with Crippen molar-refractivity contribution in [3.8, 4) is 0 Å². The second kappa shape index (κ2) is 8.74. The maximum Gasteiger partial charge on any atom is 0.163 e. The Labute approximate surface area is 100 Å². The summed E-state index contributed by atoms with van der Waals surface area (Å²) < 4.78 is 0. The molecule has 0 aliphatic rings. The standard InChI is InChI=1S/C14H28O2/c1-4-5-6-7-8-9-10-11-12-13(15)14(2,3)16/h16H,4-12H2,1-3H3. The Hall–Kier alpha value is -0.370. The maximum atomic E-state index is 11.4. The van der Waals surface area contributed by atoms with E-state index in [1.54, 1.807) is 13.8 Å². The number of carbonyl (C=O) groups excluding carboxylic acids is 1. The summed E-state index contributed by atoms with van der Waals surface area (Å²) in [6.45, 7) is 5.36. The molecule has 16 heavy (non-hydrogen) atoms. The van der Waals surface area contributed by atoms with Gasteiger partial charge in [0.1, 0.15) is 5.60 Å². The predicted molar refractivity (Wildman–Crippen MR) is 68.5 cm³/mol. The molecule has 0 atom stereocenters. The number of hydrogen-bond acceptors (Lipinski definition) is 2. The van der Waals surface area contributed by atoms with Crippen molar-refractivity contribution in [2.45, 2.75) is 84.2 Å². The minimum atomic E-state index is -1.14. The van der Waals surface area contributed by atoms with Crippen molar-refractivity contribution >= 4 is 5.78 Å². The van der Waals surface area contributed by atoms with Crippen molar-refractivity contribution in [2.24, 2.45) is 0 Å². The van der Waals surface area contributed by atoms with Crippen molar-refractivity contribution in [3.63, 3.8) is 0 Å². The lowest BCUT2D eigenvalue weighted by atomic mass is 9.98. The molecule has 0 bridgehead atoms. The van der Waals surface area contributed by atoms with Gasteiger partial charge in [-0.15, -0.1) is 0 Å². The maximum absolute atomic E-state index is 11.4. The molecule has 2 heteroatoms. The zero-order chi connectivity index (χ0) is 12.4. The van der Waals surface area contributed by atoms with Gasteiger partial charge in [-0.3, -0.25) is 4.79 Å². The molecule has 0 heterocycles. The molecule has 0 aromatic rings. The number of rotatable bonds is 10. The highest BCUT2D eigenvalue weighted by Crippen LogP contribution is 2.12. The summed E-state index contributed by atoms with van der Waals surface area (Å²) in [5, 5.41) is 9.44. The van der Waals surface area contributed by atoms with E-state index in [1.807, 2.05) is 0 Å². The highest BCUT2D eigenvalue weighted by atomic mass is 16.3. The largest absolute Gasteiger partial charge is 0.383 e. The molecule has 0 rings (SSSR count). The van der Waals surface area contributed by atoms with Crippen molar-refractivity contribution in [1.82, 2.24) is 0 Å².